The van der Waals surface area contributed by atoms with Gasteiger partial charge >= 0.3 is 0 Å². The quantitative estimate of drug-likeness (QED) is 0.737. The molecule has 1 atom stereocenters. The third-order valence-electron chi connectivity index (χ3n) is 2.75. The molecule has 2 rings (SSSR count). The standard InChI is InChI=1S/C11H14N2O2/c1-12(2)7-4-5-8-9(6-7)13(3)11(15)10(8)14/h4-6,10,14H,1-3H3. The third kappa shape index (κ3) is 1.37. The van der Waals surface area contributed by atoms with Crippen LogP contribution >= 0.6 is 0 Å². The second kappa shape index (κ2) is 3.24. The smallest absolute Gasteiger partial charge is 0.260 e. The first-order valence-electron chi connectivity index (χ1n) is 4.79. The Balaban J connectivity index is 2.51. The van der Waals surface area contributed by atoms with Crippen LogP contribution in [0.4, 0.5) is 11.4 Å². The summed E-state index contributed by atoms with van der Waals surface area (Å²) >= 11 is 0. The van der Waals surface area contributed by atoms with Crippen LogP contribution in [0.2, 0.25) is 0 Å². The molecule has 0 bridgehead atoms. The van der Waals surface area contributed by atoms with Crippen LogP contribution < -0.4 is 9.80 Å². The minimum Gasteiger partial charge on any atom is -0.378 e. The van der Waals surface area contributed by atoms with Crippen molar-refractivity contribution in [2.45, 2.75) is 6.10 Å². The van der Waals surface area contributed by atoms with E-state index in [1.807, 2.05) is 31.1 Å². The lowest BCUT2D eigenvalue weighted by molar-refractivity contribution is -0.125. The fourth-order valence-corrected chi connectivity index (χ4v) is 1.77. The summed E-state index contributed by atoms with van der Waals surface area (Å²) in [5.74, 6) is -0.263. The molecule has 0 spiro atoms. The minimum atomic E-state index is -0.999. The molecule has 0 radical (unpaired) electrons. The summed E-state index contributed by atoms with van der Waals surface area (Å²) in [6, 6.07) is 5.61. The number of amides is 1. The van der Waals surface area contributed by atoms with Gasteiger partial charge in [0.2, 0.25) is 0 Å². The number of hydrogen-bond acceptors (Lipinski definition) is 3. The lowest BCUT2D eigenvalue weighted by Gasteiger charge is -2.15. The van der Waals surface area contributed by atoms with Crippen molar-refractivity contribution in [3.63, 3.8) is 0 Å². The first-order valence-corrected chi connectivity index (χ1v) is 4.79. The Labute approximate surface area is 88.7 Å². The van der Waals surface area contributed by atoms with Gasteiger partial charge in [0.25, 0.3) is 5.91 Å². The molecule has 1 aliphatic heterocycles. The van der Waals surface area contributed by atoms with Crippen LogP contribution in [0.25, 0.3) is 0 Å². The fourth-order valence-electron chi connectivity index (χ4n) is 1.77. The highest BCUT2D eigenvalue weighted by molar-refractivity contribution is 6.03. The summed E-state index contributed by atoms with van der Waals surface area (Å²) in [7, 11) is 5.56. The average molecular weight is 206 g/mol. The summed E-state index contributed by atoms with van der Waals surface area (Å²) in [6.07, 6.45) is -0.999. The number of likely N-dealkylation sites (N-methyl/N-ethyl adjacent to an activating group) is 1. The maximum Gasteiger partial charge on any atom is 0.260 e. The van der Waals surface area contributed by atoms with Crippen molar-refractivity contribution in [2.24, 2.45) is 0 Å². The van der Waals surface area contributed by atoms with Gasteiger partial charge in [-0.15, -0.1) is 0 Å². The fraction of sp³-hybridized carbons (Fsp3) is 0.364. The zero-order chi connectivity index (χ0) is 11.2. The molecule has 0 saturated heterocycles. The highest BCUT2D eigenvalue weighted by Crippen LogP contribution is 2.36. The average Bonchev–Trinajstić information content (AvgIpc) is 2.44. The van der Waals surface area contributed by atoms with E-state index in [0.717, 1.165) is 11.4 Å². The number of aliphatic hydroxyl groups excluding tert-OH is 1. The van der Waals surface area contributed by atoms with Crippen molar-refractivity contribution >= 4 is 17.3 Å². The van der Waals surface area contributed by atoms with Crippen LogP contribution in [-0.4, -0.2) is 32.2 Å². The van der Waals surface area contributed by atoms with Crippen molar-refractivity contribution in [2.75, 3.05) is 30.9 Å². The summed E-state index contributed by atoms with van der Waals surface area (Å²) in [5, 5.41) is 9.64. The summed E-state index contributed by atoms with van der Waals surface area (Å²) in [4.78, 5) is 15.0. The van der Waals surface area contributed by atoms with E-state index in [9.17, 15) is 9.90 Å². The number of nitrogens with zero attached hydrogens (tertiary/aromatic N) is 2. The van der Waals surface area contributed by atoms with Crippen LogP contribution in [0.5, 0.6) is 0 Å². The molecule has 1 aromatic carbocycles. The molecular formula is C11H14N2O2. The zero-order valence-corrected chi connectivity index (χ0v) is 9.06. The van der Waals surface area contributed by atoms with Gasteiger partial charge in [0.05, 0.1) is 5.69 Å². The molecule has 1 unspecified atom stereocenters. The number of fused-ring (bicyclic) bond motifs is 1. The number of anilines is 2. The number of benzene rings is 1. The Kier molecular flexibility index (Phi) is 2.16. The normalized spacial score (nSPS) is 19.3. The van der Waals surface area contributed by atoms with E-state index in [4.69, 9.17) is 0 Å². The van der Waals surface area contributed by atoms with Gasteiger partial charge in [-0.2, -0.15) is 0 Å². The largest absolute Gasteiger partial charge is 0.378 e. The molecule has 1 N–H and O–H groups in total. The van der Waals surface area contributed by atoms with Gasteiger partial charge in [0.1, 0.15) is 0 Å². The molecule has 0 saturated carbocycles. The van der Waals surface area contributed by atoms with E-state index < -0.39 is 6.10 Å². The monoisotopic (exact) mass is 206 g/mol. The summed E-state index contributed by atoms with van der Waals surface area (Å²) < 4.78 is 0. The lowest BCUT2D eigenvalue weighted by atomic mass is 10.1. The molecule has 1 aromatic rings. The van der Waals surface area contributed by atoms with Crippen LogP contribution in [0.1, 0.15) is 11.7 Å². The predicted molar refractivity (Wildman–Crippen MR) is 59.1 cm³/mol. The first-order chi connectivity index (χ1) is 7.02. The molecule has 1 heterocycles. The van der Waals surface area contributed by atoms with Gasteiger partial charge in [0.15, 0.2) is 6.10 Å². The number of carbonyl (C=O) groups excluding carboxylic acids is 1. The summed E-state index contributed by atoms with van der Waals surface area (Å²) in [6.45, 7) is 0. The second-order valence-corrected chi connectivity index (χ2v) is 3.94. The van der Waals surface area contributed by atoms with E-state index in [0.29, 0.717) is 5.56 Å². The molecule has 80 valence electrons. The van der Waals surface area contributed by atoms with Crippen LogP contribution in [0, 0.1) is 0 Å². The van der Waals surface area contributed by atoms with Gasteiger partial charge in [-0.3, -0.25) is 4.79 Å². The highest BCUT2D eigenvalue weighted by Gasteiger charge is 2.33. The zero-order valence-electron chi connectivity index (χ0n) is 9.06. The Hall–Kier alpha value is -1.55. The van der Waals surface area contributed by atoms with Gasteiger partial charge in [-0.05, 0) is 12.1 Å². The minimum absolute atomic E-state index is 0.263. The van der Waals surface area contributed by atoms with Gasteiger partial charge in [0, 0.05) is 32.4 Å². The number of rotatable bonds is 1. The number of aliphatic hydroxyl groups is 1. The van der Waals surface area contributed by atoms with Crippen molar-refractivity contribution in [1.82, 2.24) is 0 Å². The second-order valence-electron chi connectivity index (χ2n) is 3.94. The van der Waals surface area contributed by atoms with Crippen molar-refractivity contribution in [1.29, 1.82) is 0 Å². The van der Waals surface area contributed by atoms with E-state index in [2.05, 4.69) is 0 Å². The maximum atomic E-state index is 11.5. The van der Waals surface area contributed by atoms with Gasteiger partial charge in [-0.25, -0.2) is 0 Å². The van der Waals surface area contributed by atoms with Gasteiger partial charge < -0.3 is 14.9 Å². The Morgan fingerprint density at radius 2 is 2.07 bits per heavy atom. The van der Waals surface area contributed by atoms with Crippen LogP contribution in [0.3, 0.4) is 0 Å². The third-order valence-corrected chi connectivity index (χ3v) is 2.75. The molecule has 0 fully saturated rings. The molecule has 4 nitrogen and oxygen atoms in total. The van der Waals surface area contributed by atoms with Crippen molar-refractivity contribution in [3.05, 3.63) is 23.8 Å². The van der Waals surface area contributed by atoms with Crippen LogP contribution in [-0.2, 0) is 4.79 Å². The molecule has 0 aromatic heterocycles. The SMILES string of the molecule is CN(C)c1ccc2c(c1)N(C)C(=O)C2O. The maximum absolute atomic E-state index is 11.5. The van der Waals surface area contributed by atoms with Crippen molar-refractivity contribution in [3.8, 4) is 0 Å². The number of hydrogen-bond donors (Lipinski definition) is 1. The van der Waals surface area contributed by atoms with E-state index in [1.165, 1.54) is 4.90 Å². The first kappa shape index (κ1) is 9.98. The molecule has 0 aliphatic carbocycles. The molecular weight excluding hydrogens is 192 g/mol. The van der Waals surface area contributed by atoms with Crippen molar-refractivity contribution < 1.29 is 9.90 Å². The van der Waals surface area contributed by atoms with Crippen LogP contribution in [0.15, 0.2) is 18.2 Å². The molecule has 4 heteroatoms. The highest BCUT2D eigenvalue weighted by atomic mass is 16.3. The Bertz CT molecular complexity index is 415. The topological polar surface area (TPSA) is 43.8 Å². The predicted octanol–water partition coefficient (Wildman–Crippen LogP) is 0.762. The van der Waals surface area contributed by atoms with Gasteiger partial charge in [-0.1, -0.05) is 6.07 Å². The number of carbonyl (C=O) groups is 1. The Morgan fingerprint density at radius 1 is 1.40 bits per heavy atom. The molecule has 1 aliphatic rings. The molecule has 1 amide bonds. The molecule has 15 heavy (non-hydrogen) atoms. The lowest BCUT2D eigenvalue weighted by Crippen LogP contribution is -2.23. The Morgan fingerprint density at radius 3 is 2.67 bits per heavy atom. The van der Waals surface area contributed by atoms with E-state index >= 15 is 0 Å². The summed E-state index contributed by atoms with van der Waals surface area (Å²) in [5.41, 5.74) is 2.49. The van der Waals surface area contributed by atoms with E-state index in [1.54, 1.807) is 13.1 Å². The van der Waals surface area contributed by atoms with E-state index in [-0.39, 0.29) is 5.91 Å².